The van der Waals surface area contributed by atoms with Gasteiger partial charge in [-0.2, -0.15) is 11.8 Å². The topological polar surface area (TPSA) is 123 Å². The first kappa shape index (κ1) is 12.7. The van der Waals surface area contributed by atoms with E-state index in [0.29, 0.717) is 0 Å². The van der Waals surface area contributed by atoms with Crippen LogP contribution in [-0.4, -0.2) is 42.8 Å². The first-order chi connectivity index (χ1) is 5.83. The molecule has 1 atom stereocenters. The Labute approximate surface area is 80.7 Å². The molecule has 13 heavy (non-hydrogen) atoms. The predicted molar refractivity (Wildman–Crippen MR) is 50.9 cm³/mol. The van der Waals surface area contributed by atoms with E-state index in [0.717, 1.165) is 11.8 Å². The van der Waals surface area contributed by atoms with Crippen LogP contribution in [0.15, 0.2) is 0 Å². The minimum Gasteiger partial charge on any atom is -0.480 e. The lowest BCUT2D eigenvalue weighted by atomic mass is 10.4. The molecular formula is C5H12N2O4S2. The van der Waals surface area contributed by atoms with Crippen molar-refractivity contribution in [1.82, 2.24) is 0 Å². The molecule has 0 aromatic heterocycles. The van der Waals surface area contributed by atoms with Crippen LogP contribution < -0.4 is 10.9 Å². The number of carbonyl (C=O) groups is 1. The fraction of sp³-hybridized carbons (Fsp3) is 0.800. The molecule has 0 aliphatic heterocycles. The SMILES string of the molecule is N[C@@H](CSCCS(N)(=O)=O)C(=O)O. The number of thioether (sulfide) groups is 1. The fourth-order valence-electron chi connectivity index (χ4n) is 0.457. The highest BCUT2D eigenvalue weighted by Crippen LogP contribution is 2.02. The zero-order valence-electron chi connectivity index (χ0n) is 6.84. The number of sulfonamides is 1. The molecule has 0 aromatic carbocycles. The van der Waals surface area contributed by atoms with E-state index in [1.54, 1.807) is 0 Å². The molecule has 0 bridgehead atoms. The maximum atomic E-state index is 10.4. The Kier molecular flexibility index (Phi) is 5.30. The van der Waals surface area contributed by atoms with E-state index in [9.17, 15) is 13.2 Å². The summed E-state index contributed by atoms with van der Waals surface area (Å²) in [6.45, 7) is 0. The van der Waals surface area contributed by atoms with Crippen molar-refractivity contribution in [2.24, 2.45) is 10.9 Å². The smallest absolute Gasteiger partial charge is 0.321 e. The number of carboxylic acids is 1. The van der Waals surface area contributed by atoms with Gasteiger partial charge in [0.2, 0.25) is 10.0 Å². The van der Waals surface area contributed by atoms with Crippen molar-refractivity contribution in [3.05, 3.63) is 0 Å². The van der Waals surface area contributed by atoms with E-state index in [4.69, 9.17) is 16.0 Å². The molecule has 0 rings (SSSR count). The van der Waals surface area contributed by atoms with E-state index in [1.165, 1.54) is 0 Å². The summed E-state index contributed by atoms with van der Waals surface area (Å²) in [5.41, 5.74) is 5.17. The van der Waals surface area contributed by atoms with E-state index in [2.05, 4.69) is 0 Å². The number of rotatable bonds is 6. The third-order valence-electron chi connectivity index (χ3n) is 1.13. The molecule has 0 fully saturated rings. The highest BCUT2D eigenvalue weighted by molar-refractivity contribution is 8.00. The largest absolute Gasteiger partial charge is 0.480 e. The second-order valence-corrected chi connectivity index (χ2v) is 5.27. The maximum Gasteiger partial charge on any atom is 0.321 e. The lowest BCUT2D eigenvalue weighted by Gasteiger charge is -2.04. The zero-order chi connectivity index (χ0) is 10.5. The maximum absolute atomic E-state index is 10.4. The Bertz CT molecular complexity index is 264. The number of aliphatic carboxylic acids is 1. The molecule has 0 saturated carbocycles. The van der Waals surface area contributed by atoms with Crippen LogP contribution in [0.1, 0.15) is 0 Å². The predicted octanol–water partition coefficient (Wildman–Crippen LogP) is -1.58. The van der Waals surface area contributed by atoms with E-state index in [1.807, 2.05) is 0 Å². The van der Waals surface area contributed by atoms with Crippen LogP contribution in [0.5, 0.6) is 0 Å². The summed E-state index contributed by atoms with van der Waals surface area (Å²) >= 11 is 1.15. The molecule has 0 amide bonds. The van der Waals surface area contributed by atoms with Crippen molar-refractivity contribution < 1.29 is 18.3 Å². The summed E-state index contributed by atoms with van der Waals surface area (Å²) in [7, 11) is -3.45. The van der Waals surface area contributed by atoms with E-state index in [-0.39, 0.29) is 17.3 Å². The molecular weight excluding hydrogens is 216 g/mol. The fourth-order valence-corrected chi connectivity index (χ4v) is 2.42. The Hall–Kier alpha value is -0.310. The first-order valence-electron chi connectivity index (χ1n) is 3.39. The third kappa shape index (κ3) is 8.03. The Morgan fingerprint density at radius 3 is 2.46 bits per heavy atom. The van der Waals surface area contributed by atoms with Gasteiger partial charge in [0.25, 0.3) is 0 Å². The van der Waals surface area contributed by atoms with Crippen LogP contribution in [0.2, 0.25) is 0 Å². The summed E-state index contributed by atoms with van der Waals surface area (Å²) in [5, 5.41) is 13.1. The van der Waals surface area contributed by atoms with Crippen molar-refractivity contribution in [3.63, 3.8) is 0 Å². The first-order valence-corrected chi connectivity index (χ1v) is 6.26. The average Bonchev–Trinajstić information content (AvgIpc) is 1.95. The molecule has 0 heterocycles. The number of hydrogen-bond acceptors (Lipinski definition) is 5. The molecule has 0 radical (unpaired) electrons. The Balaban J connectivity index is 3.53. The normalized spacial score (nSPS) is 14.0. The van der Waals surface area contributed by atoms with Crippen LogP contribution in [0, 0.1) is 0 Å². The van der Waals surface area contributed by atoms with Crippen molar-refractivity contribution in [3.8, 4) is 0 Å². The van der Waals surface area contributed by atoms with Gasteiger partial charge in [-0.3, -0.25) is 4.79 Å². The van der Waals surface area contributed by atoms with Gasteiger partial charge in [0.1, 0.15) is 6.04 Å². The standard InChI is InChI=1S/C5H12N2O4S2/c6-4(5(8)9)3-12-1-2-13(7,10)11/h4H,1-3,6H2,(H,8,9)(H2,7,10,11)/t4-/m0/s1. The number of carboxylic acid groups (broad SMARTS) is 1. The van der Waals surface area contributed by atoms with Crippen LogP contribution in [0.4, 0.5) is 0 Å². The molecule has 0 spiro atoms. The molecule has 6 nitrogen and oxygen atoms in total. The Morgan fingerprint density at radius 2 is 2.08 bits per heavy atom. The quantitative estimate of drug-likeness (QED) is 0.471. The monoisotopic (exact) mass is 228 g/mol. The van der Waals surface area contributed by atoms with Crippen LogP contribution in [0.3, 0.4) is 0 Å². The molecule has 8 heteroatoms. The summed E-state index contributed by atoms with van der Waals surface area (Å²) in [4.78, 5) is 10.2. The van der Waals surface area contributed by atoms with Gasteiger partial charge in [-0.25, -0.2) is 13.6 Å². The van der Waals surface area contributed by atoms with Gasteiger partial charge in [0.15, 0.2) is 0 Å². The summed E-state index contributed by atoms with van der Waals surface area (Å²) in [6, 6.07) is -0.953. The van der Waals surface area contributed by atoms with Crippen LogP contribution in [0.25, 0.3) is 0 Å². The Morgan fingerprint density at radius 1 is 1.54 bits per heavy atom. The minimum atomic E-state index is -3.45. The summed E-state index contributed by atoms with van der Waals surface area (Å²) in [5.74, 6) is -0.808. The van der Waals surface area contributed by atoms with Gasteiger partial charge in [-0.1, -0.05) is 0 Å². The summed E-state index contributed by atoms with van der Waals surface area (Å²) in [6.07, 6.45) is 0. The lowest BCUT2D eigenvalue weighted by Crippen LogP contribution is -2.32. The van der Waals surface area contributed by atoms with E-state index < -0.39 is 22.0 Å². The van der Waals surface area contributed by atoms with Gasteiger partial charge in [0.05, 0.1) is 5.75 Å². The van der Waals surface area contributed by atoms with E-state index >= 15 is 0 Å². The molecule has 0 aliphatic rings. The third-order valence-corrected chi connectivity index (χ3v) is 3.25. The number of primary sulfonamides is 1. The second-order valence-electron chi connectivity index (χ2n) is 2.39. The second kappa shape index (κ2) is 5.43. The zero-order valence-corrected chi connectivity index (χ0v) is 8.47. The summed E-state index contributed by atoms with van der Waals surface area (Å²) < 4.78 is 20.9. The minimum absolute atomic E-state index is 0.163. The molecule has 0 aliphatic carbocycles. The number of hydrogen-bond donors (Lipinski definition) is 3. The van der Waals surface area contributed by atoms with Crippen molar-refractivity contribution in [2.45, 2.75) is 6.04 Å². The molecule has 0 aromatic rings. The molecule has 5 N–H and O–H groups in total. The van der Waals surface area contributed by atoms with Crippen molar-refractivity contribution >= 4 is 27.8 Å². The average molecular weight is 228 g/mol. The highest BCUT2D eigenvalue weighted by atomic mass is 32.2. The van der Waals surface area contributed by atoms with Gasteiger partial charge in [-0.05, 0) is 0 Å². The molecule has 0 saturated heterocycles. The van der Waals surface area contributed by atoms with Gasteiger partial charge in [0, 0.05) is 11.5 Å². The van der Waals surface area contributed by atoms with Crippen LogP contribution >= 0.6 is 11.8 Å². The van der Waals surface area contributed by atoms with Gasteiger partial charge < -0.3 is 10.8 Å². The highest BCUT2D eigenvalue weighted by Gasteiger charge is 2.11. The molecule has 78 valence electrons. The van der Waals surface area contributed by atoms with Crippen molar-refractivity contribution in [1.29, 1.82) is 0 Å². The van der Waals surface area contributed by atoms with Crippen molar-refractivity contribution in [2.75, 3.05) is 17.3 Å². The van der Waals surface area contributed by atoms with Gasteiger partial charge >= 0.3 is 5.97 Å². The van der Waals surface area contributed by atoms with Crippen LogP contribution in [-0.2, 0) is 14.8 Å². The lowest BCUT2D eigenvalue weighted by molar-refractivity contribution is -0.137. The molecule has 0 unspecified atom stereocenters. The number of nitrogens with two attached hydrogens (primary N) is 2. The van der Waals surface area contributed by atoms with Gasteiger partial charge in [-0.15, -0.1) is 0 Å².